The highest BCUT2D eigenvalue weighted by Gasteiger charge is 2.24. The van der Waals surface area contributed by atoms with Crippen molar-refractivity contribution in [3.05, 3.63) is 12.2 Å². The number of esters is 1. The summed E-state index contributed by atoms with van der Waals surface area (Å²) in [6.07, 6.45) is 6.16. The average molecular weight is 168 g/mol. The van der Waals surface area contributed by atoms with Crippen LogP contribution in [0.2, 0.25) is 0 Å². The Labute approximate surface area is 73.6 Å². The van der Waals surface area contributed by atoms with Gasteiger partial charge in [-0.15, -0.1) is 0 Å². The van der Waals surface area contributed by atoms with Gasteiger partial charge in [-0.2, -0.15) is 0 Å². The molecule has 0 aromatic rings. The van der Waals surface area contributed by atoms with E-state index < -0.39 is 0 Å². The van der Waals surface area contributed by atoms with Crippen molar-refractivity contribution in [2.24, 2.45) is 11.8 Å². The van der Waals surface area contributed by atoms with Crippen LogP contribution in [0.3, 0.4) is 0 Å². The topological polar surface area (TPSA) is 26.3 Å². The molecule has 0 aromatic heterocycles. The fraction of sp³-hybridized carbons (Fsp3) is 0.700. The van der Waals surface area contributed by atoms with Gasteiger partial charge in [-0.25, -0.2) is 0 Å². The van der Waals surface area contributed by atoms with E-state index in [0.29, 0.717) is 12.5 Å². The molecule has 0 bridgehead atoms. The lowest BCUT2D eigenvalue weighted by molar-refractivity contribution is -0.146. The van der Waals surface area contributed by atoms with E-state index in [9.17, 15) is 4.79 Å². The van der Waals surface area contributed by atoms with Gasteiger partial charge >= 0.3 is 5.97 Å². The average Bonchev–Trinajstić information content (AvgIpc) is 2.52. The van der Waals surface area contributed by atoms with E-state index in [1.54, 1.807) is 0 Å². The lowest BCUT2D eigenvalue weighted by atomic mass is 10.0. The monoisotopic (exact) mass is 168 g/mol. The molecule has 2 nitrogen and oxygen atoms in total. The third-order valence-electron chi connectivity index (χ3n) is 2.29. The second-order valence-electron chi connectivity index (χ2n) is 3.15. The molecule has 0 heterocycles. The second kappa shape index (κ2) is 4.29. The number of ether oxygens (including phenoxy) is 1. The summed E-state index contributed by atoms with van der Waals surface area (Å²) in [5, 5.41) is 0. The number of hydrogen-bond donors (Lipinski definition) is 0. The molecule has 68 valence electrons. The first kappa shape index (κ1) is 9.30. The molecular weight excluding hydrogens is 152 g/mol. The molecule has 1 aliphatic rings. The Bertz CT molecular complexity index is 184. The Morgan fingerprint density at radius 2 is 2.25 bits per heavy atom. The van der Waals surface area contributed by atoms with Gasteiger partial charge in [0.15, 0.2) is 0 Å². The molecule has 2 atom stereocenters. The van der Waals surface area contributed by atoms with Crippen molar-refractivity contribution >= 4 is 5.97 Å². The highest BCUT2D eigenvalue weighted by atomic mass is 16.5. The normalized spacial score (nSPS) is 27.5. The van der Waals surface area contributed by atoms with Gasteiger partial charge in [0.25, 0.3) is 0 Å². The zero-order valence-corrected chi connectivity index (χ0v) is 7.75. The van der Waals surface area contributed by atoms with Crippen LogP contribution < -0.4 is 0 Å². The summed E-state index contributed by atoms with van der Waals surface area (Å²) < 4.78 is 4.93. The van der Waals surface area contributed by atoms with Crippen molar-refractivity contribution in [1.29, 1.82) is 0 Å². The van der Waals surface area contributed by atoms with Crippen molar-refractivity contribution in [3.63, 3.8) is 0 Å². The van der Waals surface area contributed by atoms with E-state index in [-0.39, 0.29) is 11.9 Å². The summed E-state index contributed by atoms with van der Waals surface area (Å²) in [7, 11) is 0. The van der Waals surface area contributed by atoms with E-state index in [1.807, 2.05) is 13.0 Å². The molecular formula is C10H16O2. The van der Waals surface area contributed by atoms with Gasteiger partial charge in [-0.1, -0.05) is 19.1 Å². The first-order chi connectivity index (χ1) is 5.77. The molecule has 1 unspecified atom stereocenters. The molecule has 0 aliphatic heterocycles. The quantitative estimate of drug-likeness (QED) is 0.477. The van der Waals surface area contributed by atoms with Crippen molar-refractivity contribution < 1.29 is 9.53 Å². The number of hydrogen-bond acceptors (Lipinski definition) is 2. The lowest BCUT2D eigenvalue weighted by Gasteiger charge is -2.08. The van der Waals surface area contributed by atoms with Gasteiger partial charge in [0.2, 0.25) is 0 Å². The molecule has 0 aromatic carbocycles. The smallest absolute Gasteiger partial charge is 0.312 e. The van der Waals surface area contributed by atoms with Crippen LogP contribution in [0, 0.1) is 11.8 Å². The van der Waals surface area contributed by atoms with Crippen molar-refractivity contribution in [2.45, 2.75) is 26.7 Å². The zero-order valence-electron chi connectivity index (χ0n) is 7.75. The Kier molecular flexibility index (Phi) is 3.32. The largest absolute Gasteiger partial charge is 0.466 e. The summed E-state index contributed by atoms with van der Waals surface area (Å²) in [6, 6.07) is 0. The van der Waals surface area contributed by atoms with E-state index in [0.717, 1.165) is 12.8 Å². The minimum atomic E-state index is -0.0651. The Morgan fingerprint density at radius 3 is 2.75 bits per heavy atom. The first-order valence-corrected chi connectivity index (χ1v) is 4.62. The first-order valence-electron chi connectivity index (χ1n) is 4.62. The van der Waals surface area contributed by atoms with Gasteiger partial charge in [0.05, 0.1) is 12.5 Å². The number of allylic oxidation sites excluding steroid dienone is 1. The highest BCUT2D eigenvalue weighted by molar-refractivity contribution is 5.75. The maximum atomic E-state index is 11.2. The van der Waals surface area contributed by atoms with Crippen LogP contribution in [-0.2, 0) is 9.53 Å². The molecule has 0 N–H and O–H groups in total. The molecule has 0 spiro atoms. The van der Waals surface area contributed by atoms with Gasteiger partial charge in [0, 0.05) is 0 Å². The molecule has 1 rings (SSSR count). The maximum Gasteiger partial charge on any atom is 0.312 e. The predicted molar refractivity (Wildman–Crippen MR) is 47.7 cm³/mol. The number of carbonyl (C=O) groups is 1. The van der Waals surface area contributed by atoms with E-state index in [1.165, 1.54) is 0 Å². The fourth-order valence-electron chi connectivity index (χ4n) is 1.50. The van der Waals surface area contributed by atoms with Crippen molar-refractivity contribution in [2.75, 3.05) is 6.61 Å². The van der Waals surface area contributed by atoms with E-state index >= 15 is 0 Å². The zero-order chi connectivity index (χ0) is 8.97. The van der Waals surface area contributed by atoms with E-state index in [4.69, 9.17) is 4.74 Å². The van der Waals surface area contributed by atoms with Gasteiger partial charge in [-0.3, -0.25) is 4.79 Å². The van der Waals surface area contributed by atoms with Crippen LogP contribution in [0.25, 0.3) is 0 Å². The van der Waals surface area contributed by atoms with Crippen LogP contribution in [0.15, 0.2) is 12.2 Å². The minimum Gasteiger partial charge on any atom is -0.466 e. The highest BCUT2D eigenvalue weighted by Crippen LogP contribution is 2.26. The summed E-state index contributed by atoms with van der Waals surface area (Å²) in [6.45, 7) is 4.47. The van der Waals surface area contributed by atoms with Crippen molar-refractivity contribution in [3.8, 4) is 0 Å². The third-order valence-corrected chi connectivity index (χ3v) is 2.29. The SMILES string of the molecule is CCOC(=O)C1C=C[C@@H](CC)C1. The lowest BCUT2D eigenvalue weighted by Crippen LogP contribution is -2.14. The molecule has 12 heavy (non-hydrogen) atoms. The van der Waals surface area contributed by atoms with Gasteiger partial charge < -0.3 is 4.74 Å². The molecule has 0 amide bonds. The predicted octanol–water partition coefficient (Wildman–Crippen LogP) is 2.15. The van der Waals surface area contributed by atoms with Crippen LogP contribution in [0.1, 0.15) is 26.7 Å². The molecule has 0 fully saturated rings. The molecule has 2 heteroatoms. The molecule has 1 aliphatic carbocycles. The Balaban J connectivity index is 2.37. The van der Waals surface area contributed by atoms with Crippen LogP contribution in [0.5, 0.6) is 0 Å². The van der Waals surface area contributed by atoms with Crippen molar-refractivity contribution in [1.82, 2.24) is 0 Å². The minimum absolute atomic E-state index is 0.0231. The molecule has 0 saturated heterocycles. The standard InChI is InChI=1S/C10H16O2/c1-3-8-5-6-9(7-8)10(11)12-4-2/h5-6,8-9H,3-4,7H2,1-2H3/t8-,9?/m1/s1. The van der Waals surface area contributed by atoms with Crippen LogP contribution in [-0.4, -0.2) is 12.6 Å². The summed E-state index contributed by atoms with van der Waals surface area (Å²) >= 11 is 0. The number of rotatable bonds is 3. The maximum absolute atomic E-state index is 11.2. The molecule has 0 radical (unpaired) electrons. The van der Waals surface area contributed by atoms with E-state index in [2.05, 4.69) is 13.0 Å². The Hall–Kier alpha value is -0.790. The van der Waals surface area contributed by atoms with Crippen LogP contribution >= 0.6 is 0 Å². The second-order valence-corrected chi connectivity index (χ2v) is 3.15. The molecule has 0 saturated carbocycles. The van der Waals surface area contributed by atoms with Gasteiger partial charge in [0.1, 0.15) is 0 Å². The third kappa shape index (κ3) is 2.10. The summed E-state index contributed by atoms with van der Waals surface area (Å²) in [5.74, 6) is 0.541. The summed E-state index contributed by atoms with van der Waals surface area (Å²) in [5.41, 5.74) is 0. The van der Waals surface area contributed by atoms with Crippen LogP contribution in [0.4, 0.5) is 0 Å². The fourth-order valence-corrected chi connectivity index (χ4v) is 1.50. The van der Waals surface area contributed by atoms with Gasteiger partial charge in [-0.05, 0) is 25.7 Å². The number of carbonyl (C=O) groups excluding carboxylic acids is 1. The Morgan fingerprint density at radius 1 is 1.50 bits per heavy atom. The summed E-state index contributed by atoms with van der Waals surface area (Å²) in [4.78, 5) is 11.2.